The van der Waals surface area contributed by atoms with Crippen molar-refractivity contribution in [1.82, 2.24) is 24.8 Å². The molecule has 4 heterocycles. The van der Waals surface area contributed by atoms with Crippen molar-refractivity contribution in [2.24, 2.45) is 0 Å². The number of amides is 1. The van der Waals surface area contributed by atoms with Gasteiger partial charge in [-0.1, -0.05) is 18.2 Å². The van der Waals surface area contributed by atoms with Crippen molar-refractivity contribution in [3.05, 3.63) is 53.8 Å². The Morgan fingerprint density at radius 3 is 2.96 bits per heavy atom. The third kappa shape index (κ3) is 2.37. The molecule has 0 unspecified atom stereocenters. The molecule has 1 fully saturated rings. The molecule has 1 aliphatic rings. The second kappa shape index (κ2) is 5.70. The zero-order valence-corrected chi connectivity index (χ0v) is 15.2. The average Bonchev–Trinajstić information content (AvgIpc) is 3.34. The highest BCUT2D eigenvalue weighted by atomic mass is 32.1. The normalized spacial score (nSPS) is 19.5. The van der Waals surface area contributed by atoms with Crippen LogP contribution in [0.4, 0.5) is 0 Å². The van der Waals surface area contributed by atoms with Crippen LogP contribution in [0.2, 0.25) is 0 Å². The fourth-order valence-electron chi connectivity index (χ4n) is 3.40. The monoisotopic (exact) mass is 377 g/mol. The molecular weight excluding hydrogens is 362 g/mol. The maximum atomic E-state index is 12.1. The molecule has 7 nitrogen and oxygen atoms in total. The van der Waals surface area contributed by atoms with Crippen LogP contribution in [0, 0.1) is 0 Å². The summed E-state index contributed by atoms with van der Waals surface area (Å²) in [5, 5.41) is 13.4. The minimum absolute atomic E-state index is 0.281. The van der Waals surface area contributed by atoms with Crippen LogP contribution in [0.25, 0.3) is 33.0 Å². The molecule has 2 N–H and O–H groups in total. The van der Waals surface area contributed by atoms with Gasteiger partial charge < -0.3 is 15.0 Å². The number of carbonyl (C=O) groups excluding carboxylic acids is 1. The van der Waals surface area contributed by atoms with Crippen molar-refractivity contribution < 1.29 is 9.90 Å². The van der Waals surface area contributed by atoms with Crippen LogP contribution < -0.4 is 0 Å². The highest BCUT2D eigenvalue weighted by molar-refractivity contribution is 7.13. The third-order valence-electron chi connectivity index (χ3n) is 4.84. The Labute approximate surface area is 158 Å². The molecular formula is C19H15N5O2S. The summed E-state index contributed by atoms with van der Waals surface area (Å²) in [5.74, 6) is -0.281. The number of β-amino-alcohol motifs (C(OH)–C–C–N with tert-alkyl or cyclic N) is 1. The number of hydrogen-bond donors (Lipinski definition) is 2. The number of nitrogens with zero attached hydrogens (tertiary/aromatic N) is 4. The molecule has 0 radical (unpaired) electrons. The van der Waals surface area contributed by atoms with E-state index in [-0.39, 0.29) is 5.91 Å². The summed E-state index contributed by atoms with van der Waals surface area (Å²) in [6, 6.07) is 7.37. The zero-order valence-electron chi connectivity index (χ0n) is 14.4. The van der Waals surface area contributed by atoms with Crippen molar-refractivity contribution in [3.63, 3.8) is 0 Å². The number of carbonyl (C=O) groups is 1. The Morgan fingerprint density at radius 2 is 2.15 bits per heavy atom. The number of β-lactam (4-membered cyclic amide) rings is 1. The molecule has 27 heavy (non-hydrogen) atoms. The van der Waals surface area contributed by atoms with E-state index >= 15 is 0 Å². The summed E-state index contributed by atoms with van der Waals surface area (Å²) in [6.07, 6.45) is 5.16. The summed E-state index contributed by atoms with van der Waals surface area (Å²) < 4.78 is 0. The van der Waals surface area contributed by atoms with Gasteiger partial charge in [-0.3, -0.25) is 9.78 Å². The van der Waals surface area contributed by atoms with E-state index in [1.807, 2.05) is 29.8 Å². The molecule has 1 aromatic carbocycles. The average molecular weight is 377 g/mol. The van der Waals surface area contributed by atoms with Crippen LogP contribution in [0.1, 0.15) is 5.56 Å². The van der Waals surface area contributed by atoms with Gasteiger partial charge in [0, 0.05) is 36.6 Å². The van der Waals surface area contributed by atoms with Crippen LogP contribution in [-0.4, -0.2) is 49.4 Å². The third-order valence-corrected chi connectivity index (χ3v) is 5.72. The van der Waals surface area contributed by atoms with Crippen LogP contribution in [0.5, 0.6) is 0 Å². The van der Waals surface area contributed by atoms with Crippen molar-refractivity contribution >= 4 is 28.4 Å². The Hall–Kier alpha value is -3.10. The van der Waals surface area contributed by atoms with Gasteiger partial charge in [0.25, 0.3) is 5.91 Å². The predicted molar refractivity (Wildman–Crippen MR) is 102 cm³/mol. The standard InChI is InChI=1S/C19H15N5O2S/c1-24-10-19(26,18(24)25)12-4-2-3-11(7-12)14-9-27-17(23-14)13-8-22-16-15(13)20-5-6-21-16/h2-9,26H,10H2,1H3,(H,21,22)/t19-/m1/s1. The van der Waals surface area contributed by atoms with E-state index < -0.39 is 5.60 Å². The van der Waals surface area contributed by atoms with E-state index in [2.05, 4.69) is 15.0 Å². The number of rotatable bonds is 3. The molecule has 0 aliphatic carbocycles. The fourth-order valence-corrected chi connectivity index (χ4v) is 4.25. The van der Waals surface area contributed by atoms with Crippen molar-refractivity contribution in [2.75, 3.05) is 13.6 Å². The van der Waals surface area contributed by atoms with E-state index in [0.29, 0.717) is 12.1 Å². The highest BCUT2D eigenvalue weighted by Gasteiger charge is 2.50. The summed E-state index contributed by atoms with van der Waals surface area (Å²) in [7, 11) is 1.68. The van der Waals surface area contributed by atoms with Gasteiger partial charge in [0.05, 0.1) is 17.8 Å². The van der Waals surface area contributed by atoms with E-state index in [0.717, 1.165) is 33.0 Å². The maximum absolute atomic E-state index is 12.1. The largest absolute Gasteiger partial charge is 0.374 e. The Balaban J connectivity index is 1.52. The molecule has 134 valence electrons. The lowest BCUT2D eigenvalue weighted by molar-refractivity contribution is -0.174. The molecule has 0 saturated carbocycles. The zero-order chi connectivity index (χ0) is 18.6. The number of hydrogen-bond acceptors (Lipinski definition) is 6. The Kier molecular flexibility index (Phi) is 3.40. The molecule has 8 heteroatoms. The van der Waals surface area contributed by atoms with Crippen molar-refractivity contribution in [2.45, 2.75) is 5.60 Å². The quantitative estimate of drug-likeness (QED) is 0.535. The van der Waals surface area contributed by atoms with Gasteiger partial charge >= 0.3 is 0 Å². The minimum atomic E-state index is -1.43. The van der Waals surface area contributed by atoms with Gasteiger partial charge in [0.1, 0.15) is 10.5 Å². The molecule has 1 atom stereocenters. The van der Waals surface area contributed by atoms with Gasteiger partial charge in [-0.2, -0.15) is 0 Å². The first-order valence-electron chi connectivity index (χ1n) is 8.39. The number of thiazole rings is 1. The highest BCUT2D eigenvalue weighted by Crippen LogP contribution is 2.36. The Morgan fingerprint density at radius 1 is 1.30 bits per heavy atom. The van der Waals surface area contributed by atoms with Crippen LogP contribution >= 0.6 is 11.3 Å². The molecule has 1 amide bonds. The summed E-state index contributed by atoms with van der Waals surface area (Å²) >= 11 is 1.51. The molecule has 4 aromatic rings. The second-order valence-corrected chi connectivity index (χ2v) is 7.45. The molecule has 1 saturated heterocycles. The number of H-pyrrole nitrogens is 1. The first-order chi connectivity index (χ1) is 13.1. The molecule has 0 bridgehead atoms. The van der Waals surface area contributed by atoms with Gasteiger partial charge in [-0.15, -0.1) is 11.3 Å². The SMILES string of the molecule is CN1C[C@@](O)(c2cccc(-c3csc(-c4c[nH]c5nccnc45)n3)c2)C1=O. The van der Waals surface area contributed by atoms with Crippen LogP contribution in [0.15, 0.2) is 48.2 Å². The van der Waals surface area contributed by atoms with E-state index in [4.69, 9.17) is 4.98 Å². The first kappa shape index (κ1) is 16.1. The lowest BCUT2D eigenvalue weighted by Gasteiger charge is -2.43. The number of fused-ring (bicyclic) bond motifs is 1. The molecule has 0 spiro atoms. The summed E-state index contributed by atoms with van der Waals surface area (Å²) in [4.78, 5) is 30.0. The first-order valence-corrected chi connectivity index (χ1v) is 9.27. The van der Waals surface area contributed by atoms with Gasteiger partial charge in [0.15, 0.2) is 11.2 Å². The van der Waals surface area contributed by atoms with E-state index in [1.165, 1.54) is 16.2 Å². The maximum Gasteiger partial charge on any atom is 0.260 e. The minimum Gasteiger partial charge on any atom is -0.374 e. The topological polar surface area (TPSA) is 95.0 Å². The van der Waals surface area contributed by atoms with Gasteiger partial charge in [0.2, 0.25) is 0 Å². The van der Waals surface area contributed by atoms with Crippen molar-refractivity contribution in [1.29, 1.82) is 0 Å². The number of likely N-dealkylation sites (N-methyl/N-ethyl adjacent to an activating group) is 1. The lowest BCUT2D eigenvalue weighted by Crippen LogP contribution is -2.62. The lowest BCUT2D eigenvalue weighted by atomic mass is 9.84. The van der Waals surface area contributed by atoms with Crippen molar-refractivity contribution in [3.8, 4) is 21.8 Å². The summed E-state index contributed by atoms with van der Waals surface area (Å²) in [5.41, 5.74) is 3.22. The smallest absolute Gasteiger partial charge is 0.260 e. The number of aromatic amines is 1. The second-order valence-electron chi connectivity index (χ2n) is 6.60. The van der Waals surface area contributed by atoms with E-state index in [9.17, 15) is 9.90 Å². The van der Waals surface area contributed by atoms with Gasteiger partial charge in [-0.05, 0) is 11.6 Å². The number of likely N-dealkylation sites (tertiary alicyclic amines) is 1. The fraction of sp³-hybridized carbons (Fsp3) is 0.158. The number of aliphatic hydroxyl groups is 1. The number of aromatic nitrogens is 4. The van der Waals surface area contributed by atoms with Crippen LogP contribution in [0.3, 0.4) is 0 Å². The van der Waals surface area contributed by atoms with Gasteiger partial charge in [-0.25, -0.2) is 9.97 Å². The summed E-state index contributed by atoms with van der Waals surface area (Å²) in [6.45, 7) is 0.297. The van der Waals surface area contributed by atoms with Crippen LogP contribution in [-0.2, 0) is 10.4 Å². The molecule has 1 aliphatic heterocycles. The number of benzene rings is 1. The number of nitrogens with one attached hydrogen (secondary N) is 1. The predicted octanol–water partition coefficient (Wildman–Crippen LogP) is 2.41. The Bertz CT molecular complexity index is 1180. The molecule has 3 aromatic heterocycles. The van der Waals surface area contributed by atoms with E-state index in [1.54, 1.807) is 25.5 Å². The molecule has 5 rings (SSSR count).